The number of imidazole rings is 1. The molecule has 1 saturated heterocycles. The van der Waals surface area contributed by atoms with Gasteiger partial charge in [0, 0.05) is 5.56 Å². The van der Waals surface area contributed by atoms with Crippen molar-refractivity contribution in [3.63, 3.8) is 0 Å². The maximum Gasteiger partial charge on any atom is 0.302 e. The maximum atomic E-state index is 13.5. The third-order valence-electron chi connectivity index (χ3n) is 5.89. The number of aliphatic hydroxyl groups excluding tert-OH is 1. The van der Waals surface area contributed by atoms with Crippen LogP contribution >= 0.6 is 0 Å². The second-order valence-electron chi connectivity index (χ2n) is 7.87. The zero-order chi connectivity index (χ0) is 24.7. The number of carbonyl (C=O) groups excluding carboxylic acids is 2. The number of amides is 1. The van der Waals surface area contributed by atoms with Gasteiger partial charge in [-0.15, -0.1) is 0 Å². The normalized spacial score (nSPS) is 17.2. The number of rotatable bonds is 5. The van der Waals surface area contributed by atoms with E-state index in [9.17, 15) is 19.1 Å². The van der Waals surface area contributed by atoms with E-state index >= 15 is 0 Å². The lowest BCUT2D eigenvalue weighted by molar-refractivity contribution is -0.132. The first-order valence-electron chi connectivity index (χ1n) is 10.7. The molecule has 0 radical (unpaired) electrons. The molecule has 35 heavy (non-hydrogen) atoms. The van der Waals surface area contributed by atoms with Crippen molar-refractivity contribution >= 4 is 34.4 Å². The van der Waals surface area contributed by atoms with Crippen LogP contribution in [0.1, 0.15) is 17.2 Å². The molecule has 1 aliphatic heterocycles. The van der Waals surface area contributed by atoms with Gasteiger partial charge in [-0.05, 0) is 54.1 Å². The van der Waals surface area contributed by atoms with E-state index in [-0.39, 0.29) is 17.1 Å². The SMILES string of the molecule is COc1ccc(C2/C(=C(\O)c3ccc(F)cc3)C(=O)C(=O)N2c2nc3ccccc3[nH]2)cc1OC. The van der Waals surface area contributed by atoms with Gasteiger partial charge < -0.3 is 19.6 Å². The summed E-state index contributed by atoms with van der Waals surface area (Å²) in [5.41, 5.74) is 1.79. The van der Waals surface area contributed by atoms with Gasteiger partial charge >= 0.3 is 5.91 Å². The number of anilines is 1. The monoisotopic (exact) mass is 473 g/mol. The summed E-state index contributed by atoms with van der Waals surface area (Å²) in [6, 6.07) is 16.1. The number of benzene rings is 3. The van der Waals surface area contributed by atoms with E-state index in [4.69, 9.17) is 9.47 Å². The molecule has 1 atom stereocenters. The number of methoxy groups -OCH3 is 2. The minimum Gasteiger partial charge on any atom is -0.507 e. The molecule has 1 unspecified atom stereocenters. The maximum absolute atomic E-state index is 13.5. The highest BCUT2D eigenvalue weighted by Gasteiger charge is 2.48. The zero-order valence-corrected chi connectivity index (χ0v) is 18.8. The number of hydrogen-bond donors (Lipinski definition) is 2. The van der Waals surface area contributed by atoms with Crippen LogP contribution in [0.5, 0.6) is 11.5 Å². The fraction of sp³-hybridized carbons (Fsp3) is 0.115. The van der Waals surface area contributed by atoms with Gasteiger partial charge in [-0.25, -0.2) is 9.37 Å². The largest absolute Gasteiger partial charge is 0.507 e. The number of Topliss-reactive ketones (excluding diaryl/α,β-unsaturated/α-hetero) is 1. The second-order valence-corrected chi connectivity index (χ2v) is 7.87. The second kappa shape index (κ2) is 8.60. The number of ketones is 1. The van der Waals surface area contributed by atoms with Crippen molar-refractivity contribution in [1.29, 1.82) is 0 Å². The Labute approximate surface area is 199 Å². The topological polar surface area (TPSA) is 105 Å². The molecule has 3 aromatic carbocycles. The Morgan fingerprint density at radius 1 is 1.00 bits per heavy atom. The van der Waals surface area contributed by atoms with E-state index in [0.717, 1.165) is 12.1 Å². The van der Waals surface area contributed by atoms with E-state index < -0.39 is 29.3 Å². The first kappa shape index (κ1) is 22.1. The Morgan fingerprint density at radius 2 is 1.71 bits per heavy atom. The molecule has 1 aromatic heterocycles. The number of hydrogen-bond acceptors (Lipinski definition) is 6. The van der Waals surface area contributed by atoms with Crippen molar-refractivity contribution in [2.75, 3.05) is 19.1 Å². The molecule has 9 heteroatoms. The Morgan fingerprint density at radius 3 is 2.40 bits per heavy atom. The lowest BCUT2D eigenvalue weighted by Gasteiger charge is -2.23. The molecular formula is C26H20FN3O5. The molecule has 0 bridgehead atoms. The molecule has 2 N–H and O–H groups in total. The van der Waals surface area contributed by atoms with Crippen LogP contribution in [-0.4, -0.2) is 41.0 Å². The van der Waals surface area contributed by atoms with Crippen LogP contribution in [0.4, 0.5) is 10.3 Å². The van der Waals surface area contributed by atoms with Gasteiger partial charge in [-0.3, -0.25) is 14.5 Å². The molecule has 0 spiro atoms. The number of halogens is 1. The summed E-state index contributed by atoms with van der Waals surface area (Å²) in [4.78, 5) is 35.3. The van der Waals surface area contributed by atoms with E-state index in [1.807, 2.05) is 6.07 Å². The average Bonchev–Trinajstić information content (AvgIpc) is 3.42. The van der Waals surface area contributed by atoms with Gasteiger partial charge in [0.15, 0.2) is 11.5 Å². The summed E-state index contributed by atoms with van der Waals surface area (Å²) in [7, 11) is 2.96. The van der Waals surface area contributed by atoms with Gasteiger partial charge in [0.05, 0.1) is 36.9 Å². The first-order valence-corrected chi connectivity index (χ1v) is 10.7. The number of ether oxygens (including phenoxy) is 2. The van der Waals surface area contributed by atoms with Crippen LogP contribution in [-0.2, 0) is 9.59 Å². The van der Waals surface area contributed by atoms with Crippen LogP contribution in [0.25, 0.3) is 16.8 Å². The van der Waals surface area contributed by atoms with Crippen LogP contribution in [0.15, 0.2) is 72.3 Å². The molecule has 8 nitrogen and oxygen atoms in total. The van der Waals surface area contributed by atoms with E-state index in [1.54, 1.807) is 36.4 Å². The van der Waals surface area contributed by atoms with Crippen molar-refractivity contribution in [1.82, 2.24) is 9.97 Å². The molecule has 1 amide bonds. The Balaban J connectivity index is 1.75. The van der Waals surface area contributed by atoms with Crippen LogP contribution < -0.4 is 14.4 Å². The smallest absolute Gasteiger partial charge is 0.302 e. The molecule has 0 aliphatic carbocycles. The predicted molar refractivity (Wildman–Crippen MR) is 127 cm³/mol. The minimum atomic E-state index is -1.04. The number of carbonyl (C=O) groups is 2. The molecular weight excluding hydrogens is 453 g/mol. The Kier molecular flexibility index (Phi) is 5.44. The third kappa shape index (κ3) is 3.67. The number of para-hydroxylation sites is 2. The number of aliphatic hydroxyl groups is 1. The van der Waals surface area contributed by atoms with E-state index in [1.165, 1.54) is 31.3 Å². The van der Waals surface area contributed by atoms with Crippen molar-refractivity contribution in [2.45, 2.75) is 6.04 Å². The van der Waals surface area contributed by atoms with Gasteiger partial charge in [-0.1, -0.05) is 18.2 Å². The highest BCUT2D eigenvalue weighted by atomic mass is 19.1. The summed E-state index contributed by atoms with van der Waals surface area (Å²) >= 11 is 0. The summed E-state index contributed by atoms with van der Waals surface area (Å²) < 4.78 is 24.2. The number of nitrogens with one attached hydrogen (secondary N) is 1. The third-order valence-corrected chi connectivity index (χ3v) is 5.89. The van der Waals surface area contributed by atoms with Crippen LogP contribution in [0.2, 0.25) is 0 Å². The fourth-order valence-electron chi connectivity index (χ4n) is 4.21. The number of H-pyrrole nitrogens is 1. The number of aromatic amines is 1. The van der Waals surface area contributed by atoms with Crippen molar-refractivity contribution in [3.8, 4) is 11.5 Å². The summed E-state index contributed by atoms with van der Waals surface area (Å²) in [6.07, 6.45) is 0. The average molecular weight is 473 g/mol. The Bertz CT molecular complexity index is 1460. The van der Waals surface area contributed by atoms with Crippen LogP contribution in [0.3, 0.4) is 0 Å². The molecule has 176 valence electrons. The summed E-state index contributed by atoms with van der Waals surface area (Å²) in [6.45, 7) is 0. The minimum absolute atomic E-state index is 0.145. The lowest BCUT2D eigenvalue weighted by atomic mass is 9.95. The predicted octanol–water partition coefficient (Wildman–Crippen LogP) is 4.35. The highest BCUT2D eigenvalue weighted by Crippen LogP contribution is 2.43. The lowest BCUT2D eigenvalue weighted by Crippen LogP contribution is -2.30. The van der Waals surface area contributed by atoms with Crippen molar-refractivity contribution in [3.05, 3.63) is 89.2 Å². The molecule has 4 aromatic rings. The van der Waals surface area contributed by atoms with Gasteiger partial charge in [0.2, 0.25) is 5.95 Å². The highest BCUT2D eigenvalue weighted by molar-refractivity contribution is 6.51. The molecule has 2 heterocycles. The van der Waals surface area contributed by atoms with Crippen molar-refractivity contribution in [2.24, 2.45) is 0 Å². The van der Waals surface area contributed by atoms with Crippen LogP contribution in [0, 0.1) is 5.82 Å². The van der Waals surface area contributed by atoms with E-state index in [0.29, 0.717) is 28.1 Å². The van der Waals surface area contributed by atoms with E-state index in [2.05, 4.69) is 9.97 Å². The number of nitrogens with zero attached hydrogens (tertiary/aromatic N) is 2. The summed E-state index contributed by atoms with van der Waals surface area (Å²) in [5, 5.41) is 11.1. The molecule has 1 fully saturated rings. The first-order chi connectivity index (χ1) is 16.9. The van der Waals surface area contributed by atoms with Crippen molar-refractivity contribution < 1.29 is 28.6 Å². The number of aromatic nitrogens is 2. The van der Waals surface area contributed by atoms with Gasteiger partial charge in [-0.2, -0.15) is 0 Å². The quantitative estimate of drug-likeness (QED) is 0.254. The summed E-state index contributed by atoms with van der Waals surface area (Å²) in [5.74, 6) is -1.72. The zero-order valence-electron chi connectivity index (χ0n) is 18.8. The van der Waals surface area contributed by atoms with Gasteiger partial charge in [0.25, 0.3) is 5.78 Å². The fourth-order valence-corrected chi connectivity index (χ4v) is 4.21. The Hall–Kier alpha value is -4.66. The van der Waals surface area contributed by atoms with Gasteiger partial charge in [0.1, 0.15) is 11.6 Å². The molecule has 1 aliphatic rings. The number of fused-ring (bicyclic) bond motifs is 1. The standard InChI is InChI=1S/C26H20FN3O5/c1-34-19-12-9-15(13-20(19)35-2)22-21(23(31)14-7-10-16(27)11-8-14)24(32)25(33)30(22)26-28-17-5-3-4-6-18(17)29-26/h3-13,22,31H,1-2H3,(H,28,29)/b23-21+. The molecule has 5 rings (SSSR count). The molecule has 0 saturated carbocycles.